The van der Waals surface area contributed by atoms with Crippen LogP contribution in [-0.2, 0) is 16.4 Å². The summed E-state index contributed by atoms with van der Waals surface area (Å²) >= 11 is 1.48. The molecule has 1 atom stereocenters. The maximum absolute atomic E-state index is 12.0. The van der Waals surface area contributed by atoms with E-state index in [9.17, 15) is 8.42 Å². The average Bonchev–Trinajstić information content (AvgIpc) is 3.14. The van der Waals surface area contributed by atoms with Gasteiger partial charge in [-0.1, -0.05) is 18.3 Å². The summed E-state index contributed by atoms with van der Waals surface area (Å²) in [5.74, 6) is 1.20. The molecule has 1 aliphatic heterocycles. The summed E-state index contributed by atoms with van der Waals surface area (Å²) in [6.07, 6.45) is 3.67. The van der Waals surface area contributed by atoms with Crippen molar-refractivity contribution in [1.29, 1.82) is 0 Å². The SMILES string of the molecule is CCc1nnc(Nc2cc([C@@H]3CCCN3S(C)(=O)=O)nc(C)n2)s1. The summed E-state index contributed by atoms with van der Waals surface area (Å²) in [4.78, 5) is 8.82. The number of aryl methyl sites for hydroxylation is 2. The maximum Gasteiger partial charge on any atom is 0.211 e. The van der Waals surface area contributed by atoms with Gasteiger partial charge in [0.2, 0.25) is 15.2 Å². The third-order valence-corrected chi connectivity index (χ3v) is 6.11. The van der Waals surface area contributed by atoms with E-state index in [-0.39, 0.29) is 6.04 Å². The van der Waals surface area contributed by atoms with Gasteiger partial charge in [0.15, 0.2) is 0 Å². The van der Waals surface area contributed by atoms with Gasteiger partial charge in [0.1, 0.15) is 16.6 Å². The summed E-state index contributed by atoms with van der Waals surface area (Å²) in [6.45, 7) is 4.36. The molecule has 1 aliphatic rings. The molecule has 0 bridgehead atoms. The van der Waals surface area contributed by atoms with E-state index >= 15 is 0 Å². The summed E-state index contributed by atoms with van der Waals surface area (Å²) in [7, 11) is -3.25. The quantitative estimate of drug-likeness (QED) is 0.861. The second kappa shape index (κ2) is 6.69. The molecule has 2 aromatic heterocycles. The van der Waals surface area contributed by atoms with Crippen LogP contribution in [0.4, 0.5) is 10.9 Å². The van der Waals surface area contributed by atoms with Gasteiger partial charge in [0, 0.05) is 12.6 Å². The maximum atomic E-state index is 12.0. The number of anilines is 2. The van der Waals surface area contributed by atoms with Crippen molar-refractivity contribution in [3.8, 4) is 0 Å². The molecule has 0 spiro atoms. The number of sulfonamides is 1. The normalized spacial score (nSPS) is 18.9. The van der Waals surface area contributed by atoms with Crippen molar-refractivity contribution < 1.29 is 8.42 Å². The van der Waals surface area contributed by atoms with Crippen LogP contribution in [0.25, 0.3) is 0 Å². The minimum absolute atomic E-state index is 0.233. The van der Waals surface area contributed by atoms with Crippen LogP contribution in [0.15, 0.2) is 6.07 Å². The lowest BCUT2D eigenvalue weighted by Gasteiger charge is -2.22. The van der Waals surface area contributed by atoms with Gasteiger partial charge in [-0.3, -0.25) is 0 Å². The zero-order chi connectivity index (χ0) is 17.3. The first kappa shape index (κ1) is 17.2. The molecule has 1 fully saturated rings. The second-order valence-electron chi connectivity index (χ2n) is 5.74. The van der Waals surface area contributed by atoms with Crippen molar-refractivity contribution >= 4 is 32.3 Å². The molecule has 0 aromatic carbocycles. The minimum Gasteiger partial charge on any atom is -0.315 e. The molecule has 0 amide bonds. The van der Waals surface area contributed by atoms with E-state index in [4.69, 9.17) is 0 Å². The van der Waals surface area contributed by atoms with Crippen molar-refractivity contribution in [2.75, 3.05) is 18.1 Å². The highest BCUT2D eigenvalue weighted by molar-refractivity contribution is 7.88. The van der Waals surface area contributed by atoms with Crippen LogP contribution < -0.4 is 5.32 Å². The first-order valence-electron chi connectivity index (χ1n) is 7.78. The lowest BCUT2D eigenvalue weighted by atomic mass is 10.1. The van der Waals surface area contributed by atoms with Crippen LogP contribution in [0.3, 0.4) is 0 Å². The zero-order valence-electron chi connectivity index (χ0n) is 13.9. The van der Waals surface area contributed by atoms with Gasteiger partial charge < -0.3 is 5.32 Å². The van der Waals surface area contributed by atoms with Gasteiger partial charge in [-0.15, -0.1) is 10.2 Å². The van der Waals surface area contributed by atoms with Crippen LogP contribution in [0.5, 0.6) is 0 Å². The van der Waals surface area contributed by atoms with Gasteiger partial charge in [-0.05, 0) is 26.2 Å². The molecule has 3 heterocycles. The molecule has 8 nitrogen and oxygen atoms in total. The Labute approximate surface area is 145 Å². The molecule has 24 heavy (non-hydrogen) atoms. The van der Waals surface area contributed by atoms with Crippen molar-refractivity contribution in [2.45, 2.75) is 39.2 Å². The predicted molar refractivity (Wildman–Crippen MR) is 92.9 cm³/mol. The van der Waals surface area contributed by atoms with Crippen LogP contribution in [-0.4, -0.2) is 45.7 Å². The highest BCUT2D eigenvalue weighted by Gasteiger charge is 2.33. The molecule has 10 heteroatoms. The molecule has 0 radical (unpaired) electrons. The Bertz CT molecular complexity index is 836. The Morgan fingerprint density at radius 1 is 1.38 bits per heavy atom. The molecule has 0 aliphatic carbocycles. The lowest BCUT2D eigenvalue weighted by Crippen LogP contribution is -2.30. The number of nitrogens with zero attached hydrogens (tertiary/aromatic N) is 5. The van der Waals surface area contributed by atoms with E-state index in [0.29, 0.717) is 29.0 Å². The largest absolute Gasteiger partial charge is 0.315 e. The number of hydrogen-bond acceptors (Lipinski definition) is 8. The fourth-order valence-corrected chi connectivity index (χ4v) is 4.64. The molecule has 130 valence electrons. The number of nitrogens with one attached hydrogen (secondary N) is 1. The highest BCUT2D eigenvalue weighted by Crippen LogP contribution is 2.34. The Kier molecular flexibility index (Phi) is 4.79. The minimum atomic E-state index is -3.25. The van der Waals surface area contributed by atoms with Crippen LogP contribution in [0.2, 0.25) is 0 Å². The van der Waals surface area contributed by atoms with Gasteiger partial charge in [-0.2, -0.15) is 4.31 Å². The average molecular weight is 368 g/mol. The third kappa shape index (κ3) is 3.70. The molecule has 0 saturated carbocycles. The smallest absolute Gasteiger partial charge is 0.211 e. The molecular formula is C14H20N6O2S2. The van der Waals surface area contributed by atoms with Crippen molar-refractivity contribution in [2.24, 2.45) is 0 Å². The van der Waals surface area contributed by atoms with E-state index in [1.165, 1.54) is 21.9 Å². The van der Waals surface area contributed by atoms with E-state index < -0.39 is 10.0 Å². The van der Waals surface area contributed by atoms with E-state index in [1.807, 2.05) is 6.92 Å². The molecule has 1 N–H and O–H groups in total. The Morgan fingerprint density at radius 3 is 2.83 bits per heavy atom. The van der Waals surface area contributed by atoms with E-state index in [2.05, 4.69) is 25.5 Å². The number of hydrogen-bond donors (Lipinski definition) is 1. The molecule has 2 aromatic rings. The van der Waals surface area contributed by atoms with Crippen LogP contribution >= 0.6 is 11.3 Å². The molecule has 3 rings (SSSR count). The van der Waals surface area contributed by atoms with Crippen molar-refractivity contribution in [3.63, 3.8) is 0 Å². The highest BCUT2D eigenvalue weighted by atomic mass is 32.2. The van der Waals surface area contributed by atoms with Gasteiger partial charge in [0.25, 0.3) is 0 Å². The first-order chi connectivity index (χ1) is 11.4. The number of aromatic nitrogens is 4. The van der Waals surface area contributed by atoms with Gasteiger partial charge >= 0.3 is 0 Å². The van der Waals surface area contributed by atoms with Gasteiger partial charge in [0.05, 0.1) is 18.0 Å². The summed E-state index contributed by atoms with van der Waals surface area (Å²) in [5, 5.41) is 12.9. The van der Waals surface area contributed by atoms with Crippen molar-refractivity contribution in [3.05, 3.63) is 22.6 Å². The van der Waals surface area contributed by atoms with E-state index in [1.54, 1.807) is 13.0 Å². The lowest BCUT2D eigenvalue weighted by molar-refractivity contribution is 0.393. The van der Waals surface area contributed by atoms with Gasteiger partial charge in [-0.25, -0.2) is 18.4 Å². The van der Waals surface area contributed by atoms with Crippen LogP contribution in [0.1, 0.15) is 42.3 Å². The zero-order valence-corrected chi connectivity index (χ0v) is 15.5. The monoisotopic (exact) mass is 368 g/mol. The molecule has 0 unspecified atom stereocenters. The molecular weight excluding hydrogens is 348 g/mol. The summed E-state index contributed by atoms with van der Waals surface area (Å²) in [5.41, 5.74) is 0.716. The fraction of sp³-hybridized carbons (Fsp3) is 0.571. The molecule has 1 saturated heterocycles. The van der Waals surface area contributed by atoms with Crippen LogP contribution in [0, 0.1) is 6.92 Å². The predicted octanol–water partition coefficient (Wildman–Crippen LogP) is 2.04. The topological polar surface area (TPSA) is 101 Å². The summed E-state index contributed by atoms with van der Waals surface area (Å²) < 4.78 is 25.4. The first-order valence-corrected chi connectivity index (χ1v) is 10.4. The number of rotatable bonds is 5. The Morgan fingerprint density at radius 2 is 2.17 bits per heavy atom. The van der Waals surface area contributed by atoms with E-state index in [0.717, 1.165) is 24.3 Å². The fourth-order valence-electron chi connectivity index (χ4n) is 2.81. The third-order valence-electron chi connectivity index (χ3n) is 3.83. The summed E-state index contributed by atoms with van der Waals surface area (Å²) in [6, 6.07) is 1.57. The van der Waals surface area contributed by atoms with Crippen molar-refractivity contribution in [1.82, 2.24) is 24.5 Å². The standard InChI is InChI=1S/C14H20N6O2S2/c1-4-13-18-19-14(23-13)17-12-8-10(15-9(2)16-12)11-6-5-7-20(11)24(3,21)22/h8,11H,4-7H2,1-3H3,(H,15,16,17,19)/t11-/m0/s1. The second-order valence-corrected chi connectivity index (χ2v) is 8.73. The Hall–Kier alpha value is -1.65. The Balaban J connectivity index is 1.88.